The molecule has 1 N–H and O–H groups in total. The maximum atomic E-state index is 13.7. The molecule has 0 saturated carbocycles. The molecule has 2 atom stereocenters. The summed E-state index contributed by atoms with van der Waals surface area (Å²) in [5.41, 5.74) is 1.04. The van der Waals surface area contributed by atoms with E-state index in [0.29, 0.717) is 22.9 Å². The van der Waals surface area contributed by atoms with Crippen LogP contribution < -0.4 is 19.1 Å². The molecule has 0 aliphatic rings. The number of sulfonamides is 1. The summed E-state index contributed by atoms with van der Waals surface area (Å²) in [5, 5.41) is 2.91. The normalized spacial score (nSPS) is 12.6. The minimum Gasteiger partial charge on any atom is -0.497 e. The van der Waals surface area contributed by atoms with Gasteiger partial charge in [-0.2, -0.15) is 0 Å². The van der Waals surface area contributed by atoms with Gasteiger partial charge in [0.1, 0.15) is 29.8 Å². The molecule has 0 aromatic heterocycles. The second-order valence-electron chi connectivity index (χ2n) is 9.55. The van der Waals surface area contributed by atoms with Gasteiger partial charge in [0, 0.05) is 12.6 Å². The topological polar surface area (TPSA) is 105 Å². The first-order chi connectivity index (χ1) is 19.0. The van der Waals surface area contributed by atoms with E-state index in [1.54, 1.807) is 56.5 Å². The fraction of sp³-hybridized carbons (Fsp3) is 0.333. The van der Waals surface area contributed by atoms with Crippen molar-refractivity contribution in [1.82, 2.24) is 10.2 Å². The number of nitrogens with zero attached hydrogens (tertiary/aromatic N) is 2. The number of hydrogen-bond acceptors (Lipinski definition) is 6. The molecular weight excluding hydrogens is 530 g/mol. The van der Waals surface area contributed by atoms with Crippen LogP contribution in [0.25, 0.3) is 0 Å². The van der Waals surface area contributed by atoms with Crippen LogP contribution in [0.4, 0.5) is 5.69 Å². The zero-order valence-corrected chi connectivity index (χ0v) is 24.4. The van der Waals surface area contributed by atoms with Crippen LogP contribution in [0.2, 0.25) is 0 Å². The number of carbonyl (C=O) groups is 2. The SMILES string of the molecule is CC[C@@H](C)NC(=O)[C@@H](C)N(Cc1cccc(OC)c1)C(=O)CN(c1ccc(Oc2ccccc2)cc1)S(C)(=O)=O. The molecule has 0 saturated heterocycles. The van der Waals surface area contributed by atoms with Crippen molar-refractivity contribution in [3.05, 3.63) is 84.4 Å². The summed E-state index contributed by atoms with van der Waals surface area (Å²) in [5.74, 6) is 0.925. The lowest BCUT2D eigenvalue weighted by Crippen LogP contribution is -2.52. The molecular formula is C30H37N3O6S. The van der Waals surface area contributed by atoms with Gasteiger partial charge in [0.15, 0.2) is 0 Å². The predicted molar refractivity (Wildman–Crippen MR) is 156 cm³/mol. The van der Waals surface area contributed by atoms with Crippen molar-refractivity contribution in [3.63, 3.8) is 0 Å². The van der Waals surface area contributed by atoms with Crippen molar-refractivity contribution in [3.8, 4) is 17.2 Å². The molecule has 40 heavy (non-hydrogen) atoms. The number of nitrogens with one attached hydrogen (secondary N) is 1. The Labute approximate surface area is 236 Å². The van der Waals surface area contributed by atoms with Crippen LogP contribution in [0.15, 0.2) is 78.9 Å². The molecule has 0 unspecified atom stereocenters. The Balaban J connectivity index is 1.87. The Hall–Kier alpha value is -4.05. The van der Waals surface area contributed by atoms with Gasteiger partial charge in [0.05, 0.1) is 19.1 Å². The minimum absolute atomic E-state index is 0.0761. The fourth-order valence-corrected chi connectivity index (χ4v) is 4.78. The van der Waals surface area contributed by atoms with Gasteiger partial charge in [-0.15, -0.1) is 0 Å². The number of carbonyl (C=O) groups excluding carboxylic acids is 2. The van der Waals surface area contributed by atoms with E-state index >= 15 is 0 Å². The first kappa shape index (κ1) is 30.5. The highest BCUT2D eigenvalue weighted by Crippen LogP contribution is 2.26. The van der Waals surface area contributed by atoms with Crippen molar-refractivity contribution in [2.75, 3.05) is 24.2 Å². The molecule has 0 aliphatic carbocycles. The lowest BCUT2D eigenvalue weighted by atomic mass is 10.1. The maximum Gasteiger partial charge on any atom is 0.244 e. The fourth-order valence-electron chi connectivity index (χ4n) is 3.93. The third kappa shape index (κ3) is 8.47. The quantitative estimate of drug-likeness (QED) is 0.324. The zero-order valence-electron chi connectivity index (χ0n) is 23.5. The van der Waals surface area contributed by atoms with E-state index in [-0.39, 0.29) is 18.5 Å². The summed E-state index contributed by atoms with van der Waals surface area (Å²) < 4.78 is 37.8. The van der Waals surface area contributed by atoms with Gasteiger partial charge < -0.3 is 19.7 Å². The molecule has 9 nitrogen and oxygen atoms in total. The van der Waals surface area contributed by atoms with E-state index < -0.39 is 28.5 Å². The molecule has 0 bridgehead atoms. The summed E-state index contributed by atoms with van der Waals surface area (Å²) in [6, 6.07) is 21.9. The van der Waals surface area contributed by atoms with Gasteiger partial charge in [0.25, 0.3) is 0 Å². The van der Waals surface area contributed by atoms with Gasteiger partial charge in [-0.05, 0) is 74.4 Å². The Morgan fingerprint density at radius 1 is 0.900 bits per heavy atom. The number of benzene rings is 3. The molecule has 3 aromatic rings. The Kier molecular flexibility index (Phi) is 10.6. The van der Waals surface area contributed by atoms with Crippen molar-refractivity contribution < 1.29 is 27.5 Å². The third-order valence-corrected chi connectivity index (χ3v) is 7.58. The Bertz CT molecular complexity index is 1380. The second-order valence-corrected chi connectivity index (χ2v) is 11.5. The number of para-hydroxylation sites is 1. The van der Waals surface area contributed by atoms with Gasteiger partial charge in [-0.3, -0.25) is 13.9 Å². The third-order valence-electron chi connectivity index (χ3n) is 6.44. The van der Waals surface area contributed by atoms with Crippen LogP contribution in [-0.4, -0.2) is 57.1 Å². The number of amides is 2. The zero-order chi connectivity index (χ0) is 29.3. The number of ether oxygens (including phenoxy) is 2. The lowest BCUT2D eigenvalue weighted by Gasteiger charge is -2.32. The van der Waals surface area contributed by atoms with E-state index in [1.807, 2.05) is 50.2 Å². The van der Waals surface area contributed by atoms with Crippen LogP contribution in [-0.2, 0) is 26.2 Å². The van der Waals surface area contributed by atoms with Gasteiger partial charge >= 0.3 is 0 Å². The highest BCUT2D eigenvalue weighted by Gasteiger charge is 2.30. The van der Waals surface area contributed by atoms with Gasteiger partial charge in [-0.1, -0.05) is 37.3 Å². The van der Waals surface area contributed by atoms with Crippen LogP contribution >= 0.6 is 0 Å². The average molecular weight is 568 g/mol. The van der Waals surface area contributed by atoms with Gasteiger partial charge in [0.2, 0.25) is 21.8 Å². The molecule has 2 amide bonds. The highest BCUT2D eigenvalue weighted by atomic mass is 32.2. The molecule has 3 rings (SSSR count). The van der Waals surface area contributed by atoms with Crippen molar-refractivity contribution in [2.45, 2.75) is 45.8 Å². The van der Waals surface area contributed by atoms with Crippen LogP contribution in [0.5, 0.6) is 17.2 Å². The summed E-state index contributed by atoms with van der Waals surface area (Å²) >= 11 is 0. The maximum absolute atomic E-state index is 13.7. The second kappa shape index (κ2) is 13.8. The largest absolute Gasteiger partial charge is 0.497 e. The van der Waals surface area contributed by atoms with Crippen molar-refractivity contribution >= 4 is 27.5 Å². The van der Waals surface area contributed by atoms with Crippen LogP contribution in [0.1, 0.15) is 32.8 Å². The molecule has 10 heteroatoms. The first-order valence-electron chi connectivity index (χ1n) is 13.0. The summed E-state index contributed by atoms with van der Waals surface area (Å²) in [4.78, 5) is 28.1. The molecule has 0 heterocycles. The number of methoxy groups -OCH3 is 1. The number of rotatable bonds is 13. The Morgan fingerprint density at radius 2 is 1.52 bits per heavy atom. The van der Waals surface area contributed by atoms with Crippen molar-refractivity contribution in [2.24, 2.45) is 0 Å². The minimum atomic E-state index is -3.85. The highest BCUT2D eigenvalue weighted by molar-refractivity contribution is 7.92. The lowest BCUT2D eigenvalue weighted by molar-refractivity contribution is -0.139. The Morgan fingerprint density at radius 3 is 2.12 bits per heavy atom. The average Bonchev–Trinajstić information content (AvgIpc) is 2.94. The van der Waals surface area contributed by atoms with E-state index in [0.717, 1.165) is 22.5 Å². The molecule has 0 spiro atoms. The summed E-state index contributed by atoms with van der Waals surface area (Å²) in [6.45, 7) is 5.08. The molecule has 3 aromatic carbocycles. The number of anilines is 1. The number of hydrogen-bond donors (Lipinski definition) is 1. The molecule has 214 valence electrons. The van der Waals surface area contributed by atoms with E-state index in [9.17, 15) is 18.0 Å². The van der Waals surface area contributed by atoms with Crippen molar-refractivity contribution in [1.29, 1.82) is 0 Å². The predicted octanol–water partition coefficient (Wildman–Crippen LogP) is 4.59. The molecule has 0 radical (unpaired) electrons. The first-order valence-corrected chi connectivity index (χ1v) is 14.9. The molecule has 0 fully saturated rings. The smallest absolute Gasteiger partial charge is 0.244 e. The van der Waals surface area contributed by atoms with E-state index in [4.69, 9.17) is 9.47 Å². The summed E-state index contributed by atoms with van der Waals surface area (Å²) in [6.07, 6.45) is 1.77. The van der Waals surface area contributed by atoms with Crippen LogP contribution in [0, 0.1) is 0 Å². The van der Waals surface area contributed by atoms with E-state index in [1.165, 1.54) is 4.90 Å². The summed E-state index contributed by atoms with van der Waals surface area (Å²) in [7, 11) is -2.30. The van der Waals surface area contributed by atoms with Gasteiger partial charge in [-0.25, -0.2) is 8.42 Å². The molecule has 0 aliphatic heterocycles. The monoisotopic (exact) mass is 567 g/mol. The van der Waals surface area contributed by atoms with E-state index in [2.05, 4.69) is 5.32 Å². The standard InChI is InChI=1S/C30H37N3O6S/c1-6-22(2)31-30(35)23(3)32(20-24-11-10-14-28(19-24)38-4)29(34)21-33(40(5,36)37)25-15-17-27(18-16-25)39-26-12-8-7-9-13-26/h7-19,22-23H,6,20-21H2,1-5H3,(H,31,35)/t22-,23-/m1/s1. The van der Waals surface area contributed by atoms with Crippen LogP contribution in [0.3, 0.4) is 0 Å².